The number of hydrogen-bond acceptors (Lipinski definition) is 2. The van der Waals surface area contributed by atoms with Gasteiger partial charge in [0.15, 0.2) is 0 Å². The van der Waals surface area contributed by atoms with Crippen LogP contribution in [0.1, 0.15) is 78.1 Å². The molecule has 2 heteroatoms. The highest BCUT2D eigenvalue weighted by Gasteiger charge is 2.31. The molecule has 110 valence electrons. The van der Waals surface area contributed by atoms with Gasteiger partial charge in [0.05, 0.1) is 0 Å². The van der Waals surface area contributed by atoms with E-state index in [0.29, 0.717) is 0 Å². The van der Waals surface area contributed by atoms with E-state index in [1.807, 2.05) is 0 Å². The number of carbonyl (C=O) groups excluding carboxylic acids is 1. The van der Waals surface area contributed by atoms with E-state index in [4.69, 9.17) is 4.74 Å². The first-order chi connectivity index (χ1) is 9.19. The van der Waals surface area contributed by atoms with Crippen LogP contribution >= 0.6 is 0 Å². The zero-order valence-corrected chi connectivity index (χ0v) is 12.7. The molecule has 0 bridgehead atoms. The van der Waals surface area contributed by atoms with Gasteiger partial charge in [0.25, 0.3) is 0 Å². The van der Waals surface area contributed by atoms with E-state index >= 15 is 0 Å². The summed E-state index contributed by atoms with van der Waals surface area (Å²) in [4.78, 5) is 11.0. The Morgan fingerprint density at radius 2 is 1.47 bits per heavy atom. The van der Waals surface area contributed by atoms with E-state index in [2.05, 4.69) is 6.92 Å². The average molecular weight is 266 g/mol. The minimum Gasteiger partial charge on any atom is -0.463 e. The minimum absolute atomic E-state index is 0.108. The van der Waals surface area contributed by atoms with Gasteiger partial charge in [-0.2, -0.15) is 0 Å². The van der Waals surface area contributed by atoms with Crippen molar-refractivity contribution >= 4 is 5.97 Å². The van der Waals surface area contributed by atoms with Gasteiger partial charge in [-0.25, -0.2) is 0 Å². The predicted molar refractivity (Wildman–Crippen MR) is 77.9 cm³/mol. The van der Waals surface area contributed by atoms with Crippen LogP contribution in [0.4, 0.5) is 0 Å². The first kappa shape index (κ1) is 14.9. The van der Waals surface area contributed by atoms with Crippen molar-refractivity contribution in [2.75, 3.05) is 0 Å². The monoisotopic (exact) mass is 266 g/mol. The lowest BCUT2D eigenvalue weighted by Gasteiger charge is -2.37. The Labute approximate surface area is 118 Å². The van der Waals surface area contributed by atoms with E-state index < -0.39 is 0 Å². The summed E-state index contributed by atoms with van der Waals surface area (Å²) in [5, 5.41) is 0. The van der Waals surface area contributed by atoms with Crippen LogP contribution in [-0.4, -0.2) is 12.1 Å². The molecule has 2 saturated carbocycles. The van der Waals surface area contributed by atoms with Crippen molar-refractivity contribution in [3.63, 3.8) is 0 Å². The number of esters is 1. The fourth-order valence-electron chi connectivity index (χ4n) is 4.27. The van der Waals surface area contributed by atoms with Crippen molar-refractivity contribution < 1.29 is 9.53 Å². The molecule has 2 rings (SSSR count). The fourth-order valence-corrected chi connectivity index (χ4v) is 4.27. The van der Waals surface area contributed by atoms with E-state index in [0.717, 1.165) is 30.6 Å². The van der Waals surface area contributed by atoms with Crippen LogP contribution in [0.25, 0.3) is 0 Å². The van der Waals surface area contributed by atoms with Crippen LogP contribution in [-0.2, 0) is 9.53 Å². The Kier molecular flexibility index (Phi) is 5.72. The van der Waals surface area contributed by atoms with Gasteiger partial charge >= 0.3 is 5.97 Å². The molecule has 0 unspecified atom stereocenters. The largest absolute Gasteiger partial charge is 0.463 e. The summed E-state index contributed by atoms with van der Waals surface area (Å²) in [7, 11) is 0. The van der Waals surface area contributed by atoms with Gasteiger partial charge in [-0.15, -0.1) is 0 Å². The average Bonchev–Trinajstić information content (AvgIpc) is 2.40. The van der Waals surface area contributed by atoms with E-state index in [1.54, 1.807) is 0 Å². The summed E-state index contributed by atoms with van der Waals surface area (Å²) >= 11 is 0. The lowest BCUT2D eigenvalue weighted by Crippen LogP contribution is -2.29. The molecule has 2 fully saturated rings. The summed E-state index contributed by atoms with van der Waals surface area (Å²) in [5.41, 5.74) is 0. The van der Waals surface area contributed by atoms with Gasteiger partial charge in [0.1, 0.15) is 6.10 Å². The van der Waals surface area contributed by atoms with Crippen molar-refractivity contribution in [3.8, 4) is 0 Å². The van der Waals surface area contributed by atoms with Crippen molar-refractivity contribution in [2.24, 2.45) is 17.8 Å². The van der Waals surface area contributed by atoms with Gasteiger partial charge in [0.2, 0.25) is 0 Å². The summed E-state index contributed by atoms with van der Waals surface area (Å²) in [5.74, 6) is 2.78. The summed E-state index contributed by atoms with van der Waals surface area (Å²) in [6.45, 7) is 3.84. The molecule has 0 saturated heterocycles. The summed E-state index contributed by atoms with van der Waals surface area (Å²) in [6.07, 6.45) is 13.6. The highest BCUT2D eigenvalue weighted by Crippen LogP contribution is 2.41. The smallest absolute Gasteiger partial charge is 0.302 e. The van der Waals surface area contributed by atoms with Crippen LogP contribution in [0.2, 0.25) is 0 Å². The molecule has 0 spiro atoms. The van der Waals surface area contributed by atoms with Crippen molar-refractivity contribution in [1.82, 2.24) is 0 Å². The molecule has 0 atom stereocenters. The standard InChI is InChI=1S/C17H30O2/c1-3-4-14-5-7-15(8-6-14)16-9-11-17(12-10-16)19-13(2)18/h14-17H,3-12H2,1-2H3/t14-,15-,16-,17-. The Morgan fingerprint density at radius 3 is 1.95 bits per heavy atom. The molecule has 0 amide bonds. The third-order valence-electron chi connectivity index (χ3n) is 5.31. The highest BCUT2D eigenvalue weighted by molar-refractivity contribution is 5.66. The second kappa shape index (κ2) is 7.31. The molecule has 0 aromatic heterocycles. The van der Waals surface area contributed by atoms with Crippen molar-refractivity contribution in [3.05, 3.63) is 0 Å². The fraction of sp³-hybridized carbons (Fsp3) is 0.941. The third kappa shape index (κ3) is 4.50. The zero-order chi connectivity index (χ0) is 13.7. The van der Waals surface area contributed by atoms with Crippen LogP contribution in [0.15, 0.2) is 0 Å². The Morgan fingerprint density at radius 1 is 0.947 bits per heavy atom. The molecule has 0 radical (unpaired) electrons. The number of carbonyl (C=O) groups is 1. The van der Waals surface area contributed by atoms with Gasteiger partial charge < -0.3 is 4.74 Å². The Hall–Kier alpha value is -0.530. The van der Waals surface area contributed by atoms with Crippen molar-refractivity contribution in [1.29, 1.82) is 0 Å². The number of hydrogen-bond donors (Lipinski definition) is 0. The number of ether oxygens (including phenoxy) is 1. The molecule has 2 aliphatic carbocycles. The van der Waals surface area contributed by atoms with Gasteiger partial charge in [-0.05, 0) is 56.3 Å². The van der Waals surface area contributed by atoms with Gasteiger partial charge in [-0.3, -0.25) is 4.79 Å². The molecular formula is C17H30O2. The van der Waals surface area contributed by atoms with E-state index in [1.165, 1.54) is 58.3 Å². The normalized spacial score (nSPS) is 35.9. The maximum atomic E-state index is 11.0. The third-order valence-corrected chi connectivity index (χ3v) is 5.31. The SMILES string of the molecule is CCC[C@H]1CC[C@H]([C@H]2CC[C@H](OC(C)=O)CC2)CC1. The van der Waals surface area contributed by atoms with Crippen LogP contribution < -0.4 is 0 Å². The van der Waals surface area contributed by atoms with E-state index in [9.17, 15) is 4.79 Å². The predicted octanol–water partition coefficient (Wildman–Crippen LogP) is 4.71. The first-order valence-corrected chi connectivity index (χ1v) is 8.36. The molecular weight excluding hydrogens is 236 g/mol. The van der Waals surface area contributed by atoms with Crippen LogP contribution in [0.5, 0.6) is 0 Å². The molecule has 2 nitrogen and oxygen atoms in total. The maximum absolute atomic E-state index is 11.0. The quantitative estimate of drug-likeness (QED) is 0.688. The second-order valence-electron chi connectivity index (χ2n) is 6.72. The molecule has 2 aliphatic rings. The summed E-state index contributed by atoms with van der Waals surface area (Å²) in [6, 6.07) is 0. The lowest BCUT2D eigenvalue weighted by molar-refractivity contribution is -0.148. The van der Waals surface area contributed by atoms with E-state index in [-0.39, 0.29) is 12.1 Å². The van der Waals surface area contributed by atoms with Crippen LogP contribution in [0, 0.1) is 17.8 Å². The Bertz CT molecular complexity index is 271. The topological polar surface area (TPSA) is 26.3 Å². The van der Waals surface area contributed by atoms with Gasteiger partial charge in [0, 0.05) is 6.92 Å². The van der Waals surface area contributed by atoms with Crippen LogP contribution in [0.3, 0.4) is 0 Å². The molecule has 0 aromatic carbocycles. The number of rotatable bonds is 4. The maximum Gasteiger partial charge on any atom is 0.302 e. The van der Waals surface area contributed by atoms with Gasteiger partial charge in [-0.1, -0.05) is 32.6 Å². The lowest BCUT2D eigenvalue weighted by atomic mass is 9.70. The second-order valence-corrected chi connectivity index (χ2v) is 6.72. The highest BCUT2D eigenvalue weighted by atomic mass is 16.5. The molecule has 0 aliphatic heterocycles. The zero-order valence-electron chi connectivity index (χ0n) is 12.7. The molecule has 0 N–H and O–H groups in total. The molecule has 0 aromatic rings. The van der Waals surface area contributed by atoms with Crippen molar-refractivity contribution in [2.45, 2.75) is 84.2 Å². The minimum atomic E-state index is -0.108. The Balaban J connectivity index is 1.69. The molecule has 19 heavy (non-hydrogen) atoms. The molecule has 0 heterocycles. The first-order valence-electron chi connectivity index (χ1n) is 8.36. The summed E-state index contributed by atoms with van der Waals surface area (Å²) < 4.78 is 5.34.